The molecule has 2 heterocycles. The first-order chi connectivity index (χ1) is 15.0. The molecule has 0 aliphatic carbocycles. The highest BCUT2D eigenvalue weighted by Crippen LogP contribution is 2.27. The van der Waals surface area contributed by atoms with Crippen molar-refractivity contribution in [1.29, 1.82) is 0 Å². The molecular weight excluding hydrogens is 401 g/mol. The van der Waals surface area contributed by atoms with E-state index in [-0.39, 0.29) is 17.5 Å². The van der Waals surface area contributed by atoms with E-state index in [1.165, 1.54) is 12.4 Å². The summed E-state index contributed by atoms with van der Waals surface area (Å²) in [4.78, 5) is 33.6. The Labute approximate surface area is 177 Å². The fourth-order valence-electron chi connectivity index (χ4n) is 3.66. The Balaban J connectivity index is 1.47. The number of nitro benzene ring substituents is 1. The zero-order chi connectivity index (χ0) is 21.8. The maximum absolute atomic E-state index is 13.5. The molecule has 0 saturated carbocycles. The number of halogens is 1. The van der Waals surface area contributed by atoms with Crippen molar-refractivity contribution in [3.8, 4) is 11.3 Å². The summed E-state index contributed by atoms with van der Waals surface area (Å²) in [6, 6.07) is 15.0. The number of amides is 1. The molecule has 2 aromatic carbocycles. The molecule has 1 aliphatic rings. The molecule has 1 aromatic heterocycles. The molecule has 1 saturated heterocycles. The van der Waals surface area contributed by atoms with Crippen LogP contribution in [0.4, 0.5) is 21.6 Å². The predicted molar refractivity (Wildman–Crippen MR) is 114 cm³/mol. The quantitative estimate of drug-likeness (QED) is 0.493. The number of nitrogens with zero attached hydrogens (tertiary/aromatic N) is 4. The lowest BCUT2D eigenvalue weighted by Crippen LogP contribution is -2.41. The van der Waals surface area contributed by atoms with E-state index in [2.05, 4.69) is 15.3 Å². The van der Waals surface area contributed by atoms with E-state index >= 15 is 0 Å². The molecule has 0 bridgehead atoms. The molecular formula is C22H20FN5O3. The van der Waals surface area contributed by atoms with E-state index in [1.54, 1.807) is 0 Å². The first kappa shape index (κ1) is 20.4. The maximum Gasteiger partial charge on any atom is 0.306 e. The zero-order valence-corrected chi connectivity index (χ0v) is 16.6. The van der Waals surface area contributed by atoms with E-state index in [9.17, 15) is 19.3 Å². The number of hydrogen-bond donors (Lipinski definition) is 1. The van der Waals surface area contributed by atoms with Crippen LogP contribution in [0, 0.1) is 21.8 Å². The van der Waals surface area contributed by atoms with E-state index in [0.717, 1.165) is 42.2 Å². The summed E-state index contributed by atoms with van der Waals surface area (Å²) in [6.07, 6.45) is 2.99. The molecule has 1 unspecified atom stereocenters. The van der Waals surface area contributed by atoms with Gasteiger partial charge in [-0.15, -0.1) is 0 Å². The molecule has 0 spiro atoms. The number of anilines is 2. The first-order valence-corrected chi connectivity index (χ1v) is 9.88. The topological polar surface area (TPSA) is 101 Å². The summed E-state index contributed by atoms with van der Waals surface area (Å²) in [7, 11) is 0. The van der Waals surface area contributed by atoms with Gasteiger partial charge in [0.1, 0.15) is 12.1 Å². The Morgan fingerprint density at radius 2 is 1.97 bits per heavy atom. The van der Waals surface area contributed by atoms with Crippen molar-refractivity contribution in [1.82, 2.24) is 9.97 Å². The van der Waals surface area contributed by atoms with Crippen molar-refractivity contribution in [2.24, 2.45) is 5.92 Å². The van der Waals surface area contributed by atoms with Gasteiger partial charge in [-0.3, -0.25) is 14.9 Å². The van der Waals surface area contributed by atoms with Crippen LogP contribution in [0.3, 0.4) is 0 Å². The third-order valence-corrected chi connectivity index (χ3v) is 5.25. The second-order valence-corrected chi connectivity index (χ2v) is 7.33. The lowest BCUT2D eigenvalue weighted by Gasteiger charge is -2.33. The number of carbonyl (C=O) groups is 1. The van der Waals surface area contributed by atoms with Gasteiger partial charge in [0, 0.05) is 36.5 Å². The third kappa shape index (κ3) is 4.66. The molecule has 9 heteroatoms. The number of carbonyl (C=O) groups excluding carboxylic acids is 1. The monoisotopic (exact) mass is 421 g/mol. The van der Waals surface area contributed by atoms with Gasteiger partial charge in [0.25, 0.3) is 0 Å². The van der Waals surface area contributed by atoms with Crippen molar-refractivity contribution in [2.45, 2.75) is 12.8 Å². The number of nitrogens with one attached hydrogen (secondary N) is 1. The van der Waals surface area contributed by atoms with Crippen molar-refractivity contribution in [3.05, 3.63) is 76.9 Å². The highest BCUT2D eigenvalue weighted by Gasteiger charge is 2.27. The second-order valence-electron chi connectivity index (χ2n) is 7.33. The Kier molecular flexibility index (Phi) is 5.83. The van der Waals surface area contributed by atoms with E-state index in [1.807, 2.05) is 41.3 Å². The molecule has 4 rings (SSSR count). The van der Waals surface area contributed by atoms with E-state index < -0.39 is 16.4 Å². The minimum absolute atomic E-state index is 0.198. The van der Waals surface area contributed by atoms with Crippen LogP contribution in [0.15, 0.2) is 60.9 Å². The summed E-state index contributed by atoms with van der Waals surface area (Å²) in [5.74, 6) is -0.787. The Morgan fingerprint density at radius 1 is 1.16 bits per heavy atom. The average molecular weight is 421 g/mol. The van der Waals surface area contributed by atoms with Gasteiger partial charge in [-0.25, -0.2) is 9.97 Å². The molecule has 0 radical (unpaired) electrons. The van der Waals surface area contributed by atoms with Gasteiger partial charge >= 0.3 is 5.69 Å². The van der Waals surface area contributed by atoms with Gasteiger partial charge in [-0.05, 0) is 25.0 Å². The summed E-state index contributed by atoms with van der Waals surface area (Å²) < 4.78 is 13.5. The standard InChI is InChI=1S/C22H20FN5O3/c23-18-9-8-17(11-20(18)28(30)31)26-22(29)16-7-4-10-27(13-16)21-12-19(24-14-25-21)15-5-2-1-3-6-15/h1-3,5-6,8-9,11-12,14,16H,4,7,10,13H2,(H,26,29). The molecule has 8 nitrogen and oxygen atoms in total. The number of rotatable bonds is 5. The molecule has 1 atom stereocenters. The first-order valence-electron chi connectivity index (χ1n) is 9.88. The summed E-state index contributed by atoms with van der Waals surface area (Å²) in [6.45, 7) is 1.22. The number of aromatic nitrogens is 2. The average Bonchev–Trinajstić information content (AvgIpc) is 2.81. The smallest absolute Gasteiger partial charge is 0.306 e. The molecule has 1 N–H and O–H groups in total. The largest absolute Gasteiger partial charge is 0.356 e. The van der Waals surface area contributed by atoms with Crippen LogP contribution in [-0.2, 0) is 4.79 Å². The van der Waals surface area contributed by atoms with E-state index in [4.69, 9.17) is 0 Å². The number of nitro groups is 1. The van der Waals surface area contributed by atoms with Crippen LogP contribution in [0.5, 0.6) is 0 Å². The van der Waals surface area contributed by atoms with Gasteiger partial charge in [-0.1, -0.05) is 30.3 Å². The van der Waals surface area contributed by atoms with Gasteiger partial charge in [0.15, 0.2) is 0 Å². The molecule has 3 aromatic rings. The molecule has 1 aliphatic heterocycles. The summed E-state index contributed by atoms with van der Waals surface area (Å²) in [5, 5.41) is 13.6. The fourth-order valence-corrected chi connectivity index (χ4v) is 3.66. The third-order valence-electron chi connectivity index (χ3n) is 5.25. The number of piperidine rings is 1. The van der Waals surface area contributed by atoms with Crippen molar-refractivity contribution in [2.75, 3.05) is 23.3 Å². The van der Waals surface area contributed by atoms with Crippen LogP contribution in [-0.4, -0.2) is 33.9 Å². The van der Waals surface area contributed by atoms with Crippen LogP contribution >= 0.6 is 0 Å². The van der Waals surface area contributed by atoms with Crippen molar-refractivity contribution < 1.29 is 14.1 Å². The van der Waals surface area contributed by atoms with Crippen LogP contribution in [0.2, 0.25) is 0 Å². The van der Waals surface area contributed by atoms with Crippen molar-refractivity contribution >= 4 is 23.1 Å². The van der Waals surface area contributed by atoms with Gasteiger partial charge in [0.05, 0.1) is 16.5 Å². The number of benzene rings is 2. The SMILES string of the molecule is O=C(Nc1ccc(F)c([N+](=O)[O-])c1)C1CCCN(c2cc(-c3ccccc3)ncn2)C1. The van der Waals surface area contributed by atoms with Gasteiger partial charge in [0.2, 0.25) is 11.7 Å². The van der Waals surface area contributed by atoms with Crippen LogP contribution in [0.1, 0.15) is 12.8 Å². The molecule has 158 valence electrons. The van der Waals surface area contributed by atoms with Gasteiger partial charge in [-0.2, -0.15) is 4.39 Å². The van der Waals surface area contributed by atoms with Crippen molar-refractivity contribution in [3.63, 3.8) is 0 Å². The zero-order valence-electron chi connectivity index (χ0n) is 16.6. The van der Waals surface area contributed by atoms with E-state index in [0.29, 0.717) is 13.0 Å². The molecule has 1 amide bonds. The summed E-state index contributed by atoms with van der Waals surface area (Å²) >= 11 is 0. The lowest BCUT2D eigenvalue weighted by molar-refractivity contribution is -0.387. The maximum atomic E-state index is 13.5. The van der Waals surface area contributed by atoms with Crippen LogP contribution < -0.4 is 10.2 Å². The number of hydrogen-bond acceptors (Lipinski definition) is 6. The normalized spacial score (nSPS) is 16.0. The fraction of sp³-hybridized carbons (Fsp3) is 0.227. The minimum Gasteiger partial charge on any atom is -0.356 e. The molecule has 1 fully saturated rings. The minimum atomic E-state index is -0.940. The highest BCUT2D eigenvalue weighted by atomic mass is 19.1. The second kappa shape index (κ2) is 8.86. The molecule has 31 heavy (non-hydrogen) atoms. The summed E-state index contributed by atoms with van der Waals surface area (Å²) in [5.41, 5.74) is 1.31. The predicted octanol–water partition coefficient (Wildman–Crippen LogP) is 4.05. The highest BCUT2D eigenvalue weighted by molar-refractivity contribution is 5.93. The Hall–Kier alpha value is -3.88. The van der Waals surface area contributed by atoms with Crippen LogP contribution in [0.25, 0.3) is 11.3 Å². The lowest BCUT2D eigenvalue weighted by atomic mass is 9.97. The Bertz CT molecular complexity index is 1110. The van der Waals surface area contributed by atoms with Gasteiger partial charge < -0.3 is 10.2 Å². The Morgan fingerprint density at radius 3 is 2.74 bits per heavy atom.